The summed E-state index contributed by atoms with van der Waals surface area (Å²) in [5.74, 6) is 0. The van der Waals surface area contributed by atoms with Crippen molar-refractivity contribution in [2.75, 3.05) is 0 Å². The first-order valence-electron chi connectivity index (χ1n) is 4.57. The molecule has 0 radical (unpaired) electrons. The molecule has 1 unspecified atom stereocenters. The van der Waals surface area contributed by atoms with Crippen LogP contribution in [-0.2, 0) is 15.5 Å². The highest BCUT2D eigenvalue weighted by Crippen LogP contribution is 2.19. The van der Waals surface area contributed by atoms with Gasteiger partial charge in [-0.05, 0) is 12.8 Å². The molecule has 1 aliphatic rings. The third-order valence-electron chi connectivity index (χ3n) is 2.27. The molecule has 1 N–H and O–H groups in total. The van der Waals surface area contributed by atoms with Crippen molar-refractivity contribution in [3.63, 3.8) is 0 Å². The Kier molecular flexibility index (Phi) is 4.80. The molecule has 0 bridgehead atoms. The van der Waals surface area contributed by atoms with Gasteiger partial charge in [0.05, 0.1) is 6.10 Å². The van der Waals surface area contributed by atoms with Crippen molar-refractivity contribution in [1.29, 1.82) is 0 Å². The summed E-state index contributed by atoms with van der Waals surface area (Å²) in [5.41, 5.74) is 0. The van der Waals surface area contributed by atoms with E-state index in [4.69, 9.17) is 8.74 Å². The van der Waals surface area contributed by atoms with Gasteiger partial charge in [0.2, 0.25) is 0 Å². The van der Waals surface area contributed by atoms with Crippen LogP contribution in [0.1, 0.15) is 44.9 Å². The molecule has 4 heteroatoms. The van der Waals surface area contributed by atoms with Gasteiger partial charge >= 0.3 is 11.4 Å². The number of hydrogen-bond donors (Lipinski definition) is 1. The molecular weight excluding hydrogens is 176 g/mol. The Hall–Kier alpha value is 0.0700. The van der Waals surface area contributed by atoms with E-state index in [1.807, 2.05) is 0 Å². The Labute approximate surface area is 76.0 Å². The van der Waals surface area contributed by atoms with Crippen molar-refractivity contribution in [3.05, 3.63) is 0 Å². The summed E-state index contributed by atoms with van der Waals surface area (Å²) in [5, 5.41) is 0. The van der Waals surface area contributed by atoms with Gasteiger partial charge in [0.15, 0.2) is 0 Å². The standard InChI is InChI=1S/C8H16O3S/c9-12(10)11-8-6-4-2-1-3-5-7-8/h8H,1-7H2,(H,9,10). The fraction of sp³-hybridized carbons (Fsp3) is 1.00. The second kappa shape index (κ2) is 5.67. The molecule has 12 heavy (non-hydrogen) atoms. The maximum atomic E-state index is 10.4. The minimum absolute atomic E-state index is 0.0103. The zero-order valence-corrected chi connectivity index (χ0v) is 8.02. The van der Waals surface area contributed by atoms with Gasteiger partial charge in [-0.3, -0.25) is 8.74 Å². The molecule has 0 aromatic rings. The summed E-state index contributed by atoms with van der Waals surface area (Å²) in [6, 6.07) is 0. The van der Waals surface area contributed by atoms with E-state index in [1.165, 1.54) is 19.3 Å². The lowest BCUT2D eigenvalue weighted by molar-refractivity contribution is 0.170. The Morgan fingerprint density at radius 1 is 1.08 bits per heavy atom. The Balaban J connectivity index is 2.24. The lowest BCUT2D eigenvalue weighted by Gasteiger charge is -2.17. The molecule has 1 aliphatic carbocycles. The molecule has 3 nitrogen and oxygen atoms in total. The van der Waals surface area contributed by atoms with Gasteiger partial charge in [0.25, 0.3) is 0 Å². The monoisotopic (exact) mass is 192 g/mol. The summed E-state index contributed by atoms with van der Waals surface area (Å²) < 4.78 is 23.7. The van der Waals surface area contributed by atoms with Crippen molar-refractivity contribution in [2.45, 2.75) is 51.0 Å². The van der Waals surface area contributed by atoms with Gasteiger partial charge in [-0.25, -0.2) is 0 Å². The third-order valence-corrected chi connectivity index (χ3v) is 2.71. The van der Waals surface area contributed by atoms with Crippen molar-refractivity contribution >= 4 is 11.4 Å². The van der Waals surface area contributed by atoms with Gasteiger partial charge in [-0.1, -0.05) is 32.1 Å². The van der Waals surface area contributed by atoms with E-state index in [2.05, 4.69) is 0 Å². The van der Waals surface area contributed by atoms with Gasteiger partial charge in [-0.2, -0.15) is 4.21 Å². The Morgan fingerprint density at radius 2 is 1.58 bits per heavy atom. The minimum atomic E-state index is -2.08. The van der Waals surface area contributed by atoms with Gasteiger partial charge in [0, 0.05) is 0 Å². The molecule has 0 spiro atoms. The molecule has 0 saturated heterocycles. The first kappa shape index (κ1) is 10.2. The molecule has 0 aromatic heterocycles. The molecule has 0 heterocycles. The van der Waals surface area contributed by atoms with Crippen LogP contribution in [0.15, 0.2) is 0 Å². The molecule has 0 aliphatic heterocycles. The summed E-state index contributed by atoms with van der Waals surface area (Å²) in [4.78, 5) is 0. The van der Waals surface area contributed by atoms with Crippen LogP contribution in [0.3, 0.4) is 0 Å². The SMILES string of the molecule is O=S(O)OC1CCCCCCC1. The van der Waals surface area contributed by atoms with Crippen LogP contribution >= 0.6 is 0 Å². The second-order valence-corrected chi connectivity index (χ2v) is 3.91. The van der Waals surface area contributed by atoms with Gasteiger partial charge < -0.3 is 0 Å². The third kappa shape index (κ3) is 4.18. The molecule has 1 rings (SSSR count). The van der Waals surface area contributed by atoms with E-state index in [-0.39, 0.29) is 6.10 Å². The van der Waals surface area contributed by atoms with E-state index in [9.17, 15) is 4.21 Å². The summed E-state index contributed by atoms with van der Waals surface area (Å²) >= 11 is -2.08. The predicted molar refractivity (Wildman–Crippen MR) is 48.0 cm³/mol. The first-order chi connectivity index (χ1) is 5.79. The molecule has 1 fully saturated rings. The normalized spacial score (nSPS) is 24.4. The van der Waals surface area contributed by atoms with Crippen LogP contribution in [-0.4, -0.2) is 14.9 Å². The average molecular weight is 192 g/mol. The quantitative estimate of drug-likeness (QED) is 0.682. The summed E-state index contributed by atoms with van der Waals surface area (Å²) in [6.45, 7) is 0. The van der Waals surface area contributed by atoms with Crippen LogP contribution in [0.4, 0.5) is 0 Å². The van der Waals surface area contributed by atoms with Crippen molar-refractivity contribution in [1.82, 2.24) is 0 Å². The van der Waals surface area contributed by atoms with Crippen molar-refractivity contribution < 1.29 is 12.9 Å². The van der Waals surface area contributed by atoms with E-state index in [0.717, 1.165) is 25.7 Å². The van der Waals surface area contributed by atoms with Crippen LogP contribution in [0.5, 0.6) is 0 Å². The molecule has 1 saturated carbocycles. The highest BCUT2D eigenvalue weighted by Gasteiger charge is 2.13. The first-order valence-corrected chi connectivity index (χ1v) is 5.60. The highest BCUT2D eigenvalue weighted by atomic mass is 32.2. The van der Waals surface area contributed by atoms with Crippen LogP contribution in [0.2, 0.25) is 0 Å². The smallest absolute Gasteiger partial charge is 0.284 e. The fourth-order valence-electron chi connectivity index (χ4n) is 1.63. The predicted octanol–water partition coefficient (Wildman–Crippen LogP) is 2.25. The number of hydrogen-bond acceptors (Lipinski definition) is 2. The molecule has 1 atom stereocenters. The fourth-order valence-corrected chi connectivity index (χ4v) is 2.06. The number of rotatable bonds is 2. The van der Waals surface area contributed by atoms with E-state index in [0.29, 0.717) is 0 Å². The van der Waals surface area contributed by atoms with Crippen LogP contribution < -0.4 is 0 Å². The average Bonchev–Trinajstić information content (AvgIpc) is 1.93. The zero-order valence-electron chi connectivity index (χ0n) is 7.20. The topological polar surface area (TPSA) is 46.5 Å². The molecule has 0 aromatic carbocycles. The minimum Gasteiger partial charge on any atom is -0.284 e. The van der Waals surface area contributed by atoms with E-state index >= 15 is 0 Å². The Bertz CT molecular complexity index is 141. The Morgan fingerprint density at radius 3 is 2.08 bits per heavy atom. The van der Waals surface area contributed by atoms with Crippen LogP contribution in [0, 0.1) is 0 Å². The maximum absolute atomic E-state index is 10.4. The molecular formula is C8H16O3S. The van der Waals surface area contributed by atoms with Gasteiger partial charge in [0.1, 0.15) is 0 Å². The summed E-state index contributed by atoms with van der Waals surface area (Å²) in [6.07, 6.45) is 7.91. The van der Waals surface area contributed by atoms with Crippen LogP contribution in [0.25, 0.3) is 0 Å². The second-order valence-electron chi connectivity index (χ2n) is 3.28. The van der Waals surface area contributed by atoms with Gasteiger partial charge in [-0.15, -0.1) is 0 Å². The highest BCUT2D eigenvalue weighted by molar-refractivity contribution is 7.74. The summed E-state index contributed by atoms with van der Waals surface area (Å²) in [7, 11) is 0. The van der Waals surface area contributed by atoms with E-state index < -0.39 is 11.4 Å². The van der Waals surface area contributed by atoms with Crippen molar-refractivity contribution in [2.24, 2.45) is 0 Å². The largest absolute Gasteiger partial charge is 0.302 e. The lowest BCUT2D eigenvalue weighted by Crippen LogP contribution is -2.15. The zero-order chi connectivity index (χ0) is 8.81. The van der Waals surface area contributed by atoms with Crippen molar-refractivity contribution in [3.8, 4) is 0 Å². The maximum Gasteiger partial charge on any atom is 0.302 e. The van der Waals surface area contributed by atoms with E-state index in [1.54, 1.807) is 0 Å². The lowest BCUT2D eigenvalue weighted by atomic mass is 9.99. The molecule has 0 amide bonds. The molecule has 72 valence electrons.